The SMILES string of the molecule is c1ccc(-c2ccc(N(c3ccc(-c4cccc5c4oc4ccccc45)cc3)c3ccc4c(c3)c3cccc5c6ccccc6c6cccc7sc8cccc(c8c76)n4c53)cc2)cc1. The minimum Gasteiger partial charge on any atom is -0.455 e. The molecule has 0 amide bonds. The van der Waals surface area contributed by atoms with E-state index in [9.17, 15) is 0 Å². The topological polar surface area (TPSA) is 20.8 Å². The number of fused-ring (bicyclic) bond motifs is 10. The third-order valence-corrected chi connectivity index (χ3v) is 14.5. The third-order valence-electron chi connectivity index (χ3n) is 13.4. The Hall–Kier alpha value is -8.18. The molecule has 4 aromatic heterocycles. The Morgan fingerprint density at radius 3 is 1.72 bits per heavy atom. The summed E-state index contributed by atoms with van der Waals surface area (Å²) in [6, 6.07) is 79.8. The quantitative estimate of drug-likeness (QED) is 0.172. The van der Waals surface area contributed by atoms with Gasteiger partial charge in [-0.2, -0.15) is 0 Å². The van der Waals surface area contributed by atoms with E-state index in [0.717, 1.165) is 50.1 Å². The fourth-order valence-electron chi connectivity index (χ4n) is 10.5. The van der Waals surface area contributed by atoms with Gasteiger partial charge < -0.3 is 13.7 Å². The Bertz CT molecular complexity index is 4180. The summed E-state index contributed by atoms with van der Waals surface area (Å²) in [6.07, 6.45) is 0. The fourth-order valence-corrected chi connectivity index (χ4v) is 11.7. The summed E-state index contributed by atoms with van der Waals surface area (Å²) in [6.45, 7) is 0. The van der Waals surface area contributed by atoms with Crippen LogP contribution in [0.3, 0.4) is 0 Å². The second kappa shape index (κ2) is 13.7. The molecule has 0 spiro atoms. The van der Waals surface area contributed by atoms with E-state index >= 15 is 0 Å². The van der Waals surface area contributed by atoms with Gasteiger partial charge >= 0.3 is 0 Å². The molecule has 0 radical (unpaired) electrons. The molecule has 0 N–H and O–H groups in total. The molecule has 0 unspecified atom stereocenters. The Kier molecular flexibility index (Phi) is 7.56. The van der Waals surface area contributed by atoms with Crippen LogP contribution in [0, 0.1) is 0 Å². The van der Waals surface area contributed by atoms with Crippen LogP contribution in [0.5, 0.6) is 0 Å². The van der Waals surface area contributed by atoms with E-state index in [1.54, 1.807) is 0 Å². The first-order valence-corrected chi connectivity index (χ1v) is 22.6. The highest BCUT2D eigenvalue weighted by atomic mass is 32.1. The van der Waals surface area contributed by atoms with Crippen molar-refractivity contribution >= 4 is 119 Å². The van der Waals surface area contributed by atoms with Gasteiger partial charge in [-0.3, -0.25) is 0 Å². The molecule has 4 heterocycles. The number of rotatable bonds is 5. The average Bonchev–Trinajstić information content (AvgIpc) is 4.05. The lowest BCUT2D eigenvalue weighted by Crippen LogP contribution is -2.09. The molecule has 0 saturated carbocycles. The number of anilines is 3. The number of aromatic nitrogens is 1. The van der Waals surface area contributed by atoms with Crippen molar-refractivity contribution in [3.8, 4) is 22.3 Å². The van der Waals surface area contributed by atoms with Crippen LogP contribution in [0.2, 0.25) is 0 Å². The molecule has 298 valence electrons. The van der Waals surface area contributed by atoms with Crippen molar-refractivity contribution in [2.45, 2.75) is 0 Å². The van der Waals surface area contributed by atoms with Crippen LogP contribution in [0.15, 0.2) is 223 Å². The fraction of sp³-hybridized carbons (Fsp3) is 0. The molecule has 64 heavy (non-hydrogen) atoms. The van der Waals surface area contributed by atoms with E-state index in [2.05, 4.69) is 216 Å². The second-order valence-corrected chi connectivity index (χ2v) is 17.9. The van der Waals surface area contributed by atoms with Gasteiger partial charge in [-0.05, 0) is 99.6 Å². The van der Waals surface area contributed by atoms with Gasteiger partial charge in [-0.15, -0.1) is 11.3 Å². The highest BCUT2D eigenvalue weighted by Gasteiger charge is 2.21. The van der Waals surface area contributed by atoms with Crippen LogP contribution >= 0.6 is 11.3 Å². The smallest absolute Gasteiger partial charge is 0.143 e. The van der Waals surface area contributed by atoms with Crippen molar-refractivity contribution < 1.29 is 4.42 Å². The van der Waals surface area contributed by atoms with E-state index < -0.39 is 0 Å². The maximum atomic E-state index is 6.48. The van der Waals surface area contributed by atoms with E-state index in [1.165, 1.54) is 80.2 Å². The lowest BCUT2D eigenvalue weighted by Gasteiger charge is -2.26. The number of para-hydroxylation sites is 3. The predicted octanol–water partition coefficient (Wildman–Crippen LogP) is 17.6. The molecule has 0 aliphatic rings. The van der Waals surface area contributed by atoms with Gasteiger partial charge in [0.25, 0.3) is 0 Å². The molecule has 10 aromatic carbocycles. The Morgan fingerprint density at radius 2 is 0.922 bits per heavy atom. The van der Waals surface area contributed by atoms with Crippen LogP contribution < -0.4 is 4.90 Å². The Morgan fingerprint density at radius 1 is 0.359 bits per heavy atom. The van der Waals surface area contributed by atoms with Crippen molar-refractivity contribution in [2.75, 3.05) is 4.90 Å². The van der Waals surface area contributed by atoms with E-state index in [1.807, 2.05) is 23.5 Å². The van der Waals surface area contributed by atoms with Crippen LogP contribution in [-0.2, 0) is 0 Å². The molecule has 0 bridgehead atoms. The van der Waals surface area contributed by atoms with Gasteiger partial charge in [0, 0.05) is 69.7 Å². The number of benzene rings is 10. The van der Waals surface area contributed by atoms with Crippen LogP contribution in [0.4, 0.5) is 17.1 Å². The summed E-state index contributed by atoms with van der Waals surface area (Å²) < 4.78 is 11.6. The number of hydrogen-bond donors (Lipinski definition) is 0. The summed E-state index contributed by atoms with van der Waals surface area (Å²) in [4.78, 5) is 2.39. The monoisotopic (exact) mass is 832 g/mol. The first-order valence-electron chi connectivity index (χ1n) is 21.8. The number of hydrogen-bond acceptors (Lipinski definition) is 3. The molecule has 0 aliphatic heterocycles. The molecule has 0 fully saturated rings. The molecule has 0 aliphatic carbocycles. The van der Waals surface area contributed by atoms with Crippen molar-refractivity contribution in [2.24, 2.45) is 0 Å². The Labute approximate surface area is 371 Å². The highest BCUT2D eigenvalue weighted by Crippen LogP contribution is 2.46. The summed E-state index contributed by atoms with van der Waals surface area (Å²) in [5.41, 5.74) is 13.3. The highest BCUT2D eigenvalue weighted by molar-refractivity contribution is 7.26. The van der Waals surface area contributed by atoms with Gasteiger partial charge in [0.15, 0.2) is 0 Å². The number of nitrogens with zero attached hydrogens (tertiary/aromatic N) is 2. The van der Waals surface area contributed by atoms with Crippen molar-refractivity contribution in [3.05, 3.63) is 218 Å². The summed E-state index contributed by atoms with van der Waals surface area (Å²) >= 11 is 1.89. The van der Waals surface area contributed by atoms with Gasteiger partial charge in [0.1, 0.15) is 11.2 Å². The minimum absolute atomic E-state index is 0.905. The number of thiophene rings is 1. The molecular weight excluding hydrogens is 797 g/mol. The van der Waals surface area contributed by atoms with Crippen LogP contribution in [0.25, 0.3) is 113 Å². The van der Waals surface area contributed by atoms with Gasteiger partial charge in [-0.25, -0.2) is 0 Å². The van der Waals surface area contributed by atoms with Crippen LogP contribution in [0.1, 0.15) is 0 Å². The maximum absolute atomic E-state index is 6.48. The zero-order chi connectivity index (χ0) is 41.9. The van der Waals surface area contributed by atoms with Crippen LogP contribution in [-0.4, -0.2) is 4.40 Å². The first-order chi connectivity index (χ1) is 31.7. The van der Waals surface area contributed by atoms with Crippen molar-refractivity contribution in [1.82, 2.24) is 4.40 Å². The maximum Gasteiger partial charge on any atom is 0.143 e. The zero-order valence-electron chi connectivity index (χ0n) is 34.5. The molecule has 14 rings (SSSR count). The average molecular weight is 833 g/mol. The molecule has 4 heteroatoms. The van der Waals surface area contributed by atoms with Gasteiger partial charge in [0.2, 0.25) is 0 Å². The lowest BCUT2D eigenvalue weighted by molar-refractivity contribution is 0.670. The number of furan rings is 1. The Balaban J connectivity index is 1.02. The second-order valence-electron chi connectivity index (χ2n) is 16.8. The molecule has 0 saturated heterocycles. The van der Waals surface area contributed by atoms with Crippen molar-refractivity contribution in [3.63, 3.8) is 0 Å². The third kappa shape index (κ3) is 5.15. The molecule has 3 nitrogen and oxygen atoms in total. The molecular formula is C60H36N2OS. The standard InChI is InChI=1S/C60H36N2OS/c1-2-12-37(13-3-1)38-26-30-40(31-27-38)61(41-32-28-39(29-33-41)43-17-8-21-50-46-16-6-7-23-54(46)63-60(43)50)42-34-35-52-51(36-42)49-20-9-19-48-45-15-5-4-14-44(45)47-18-10-24-55-57(47)58-53(62(52)59(48)49)22-11-25-56(58)64-55/h1-36H. The van der Waals surface area contributed by atoms with E-state index in [-0.39, 0.29) is 0 Å². The summed E-state index contributed by atoms with van der Waals surface area (Å²) in [5.74, 6) is 0. The minimum atomic E-state index is 0.905. The molecule has 0 atom stereocenters. The molecule has 14 aromatic rings. The zero-order valence-corrected chi connectivity index (χ0v) is 35.3. The lowest BCUT2D eigenvalue weighted by atomic mass is 10.0. The van der Waals surface area contributed by atoms with Gasteiger partial charge in [0.05, 0.1) is 16.6 Å². The van der Waals surface area contributed by atoms with E-state index in [0.29, 0.717) is 0 Å². The van der Waals surface area contributed by atoms with Gasteiger partial charge in [-0.1, -0.05) is 152 Å². The van der Waals surface area contributed by atoms with E-state index in [4.69, 9.17) is 4.42 Å². The predicted molar refractivity (Wildman–Crippen MR) is 273 cm³/mol. The normalized spacial score (nSPS) is 12.1. The van der Waals surface area contributed by atoms with Crippen molar-refractivity contribution in [1.29, 1.82) is 0 Å². The summed E-state index contributed by atoms with van der Waals surface area (Å²) in [5, 5.41) is 12.4. The largest absolute Gasteiger partial charge is 0.455 e. The first kappa shape index (κ1) is 35.4. The summed E-state index contributed by atoms with van der Waals surface area (Å²) in [7, 11) is 0.